The molecule has 0 radical (unpaired) electrons. The van der Waals surface area contributed by atoms with Crippen LogP contribution in [0.4, 0.5) is 0 Å². The number of piperazine rings is 1. The zero-order chi connectivity index (χ0) is 18.6. The third kappa shape index (κ3) is 4.30. The average Bonchev–Trinajstić information content (AvgIpc) is 2.64. The predicted octanol–water partition coefficient (Wildman–Crippen LogP) is 2.79. The molecule has 4 nitrogen and oxygen atoms in total. The molecule has 0 N–H and O–H groups in total. The van der Waals surface area contributed by atoms with Crippen molar-refractivity contribution in [3.8, 4) is 0 Å². The first-order chi connectivity index (χ1) is 12.4. The predicted molar refractivity (Wildman–Crippen MR) is 105 cm³/mol. The van der Waals surface area contributed by atoms with Gasteiger partial charge in [-0.1, -0.05) is 48.6 Å². The molecule has 26 heavy (non-hydrogen) atoms. The van der Waals surface area contributed by atoms with Crippen LogP contribution < -0.4 is 0 Å². The van der Waals surface area contributed by atoms with Crippen molar-refractivity contribution in [2.75, 3.05) is 39.3 Å². The lowest BCUT2D eigenvalue weighted by molar-refractivity contribution is -0.129. The smallest absolute Gasteiger partial charge is 0.156 e. The van der Waals surface area contributed by atoms with Gasteiger partial charge in [0.25, 0.3) is 0 Å². The molecule has 2 aliphatic carbocycles. The molecule has 1 saturated heterocycles. The lowest BCUT2D eigenvalue weighted by Crippen LogP contribution is -2.51. The number of carbonyl (C=O) groups is 2. The summed E-state index contributed by atoms with van der Waals surface area (Å²) in [6, 6.07) is 0. The van der Waals surface area contributed by atoms with Crippen LogP contribution in [-0.4, -0.2) is 60.6 Å². The van der Waals surface area contributed by atoms with E-state index >= 15 is 0 Å². The summed E-state index contributed by atoms with van der Waals surface area (Å²) in [4.78, 5) is 29.8. The largest absolute Gasteiger partial charge is 0.297 e. The number of carbonyl (C=O) groups excluding carboxylic acids is 2. The van der Waals surface area contributed by atoms with Crippen molar-refractivity contribution in [1.29, 1.82) is 0 Å². The van der Waals surface area contributed by atoms with E-state index in [1.54, 1.807) is 0 Å². The van der Waals surface area contributed by atoms with Crippen molar-refractivity contribution in [1.82, 2.24) is 9.80 Å². The Kier molecular flexibility index (Phi) is 5.73. The molecular formula is C22H30N2O2. The summed E-state index contributed by atoms with van der Waals surface area (Å²) in [5.74, 6) is 0.573. The van der Waals surface area contributed by atoms with Gasteiger partial charge in [0.1, 0.15) is 0 Å². The highest BCUT2D eigenvalue weighted by Gasteiger charge is 2.34. The second-order valence-electron chi connectivity index (χ2n) is 8.22. The third-order valence-electron chi connectivity index (χ3n) is 5.98. The van der Waals surface area contributed by atoms with Gasteiger partial charge in [0, 0.05) is 37.0 Å². The second kappa shape index (κ2) is 7.85. The molecule has 0 bridgehead atoms. The van der Waals surface area contributed by atoms with Gasteiger partial charge in [-0.15, -0.1) is 0 Å². The van der Waals surface area contributed by atoms with Gasteiger partial charge >= 0.3 is 0 Å². The lowest BCUT2D eigenvalue weighted by atomic mass is 9.79. The summed E-state index contributed by atoms with van der Waals surface area (Å²) in [6.07, 6.45) is 17.7. The highest BCUT2D eigenvalue weighted by molar-refractivity contribution is 5.89. The second-order valence-corrected chi connectivity index (χ2v) is 8.22. The minimum absolute atomic E-state index is 0.286. The number of Topliss-reactive ketones (excluding diaryl/α,β-unsaturated/α-hetero) is 2. The van der Waals surface area contributed by atoms with Crippen molar-refractivity contribution in [2.24, 2.45) is 10.8 Å². The SMILES string of the molecule is CC1(C(=O)CN2CCN(CC(=O)C3(C)C=CC=CC3)CC2)C=CC=CC1. The van der Waals surface area contributed by atoms with E-state index in [4.69, 9.17) is 0 Å². The lowest BCUT2D eigenvalue weighted by Gasteiger charge is -2.37. The van der Waals surface area contributed by atoms with Crippen molar-refractivity contribution >= 4 is 11.6 Å². The maximum Gasteiger partial charge on any atom is 0.156 e. The fraction of sp³-hybridized carbons (Fsp3) is 0.545. The van der Waals surface area contributed by atoms with Crippen LogP contribution in [0.3, 0.4) is 0 Å². The number of hydrogen-bond donors (Lipinski definition) is 0. The van der Waals surface area contributed by atoms with Crippen molar-refractivity contribution in [2.45, 2.75) is 26.7 Å². The normalized spacial score (nSPS) is 32.1. The van der Waals surface area contributed by atoms with Gasteiger partial charge in [-0.3, -0.25) is 19.4 Å². The van der Waals surface area contributed by atoms with Crippen LogP contribution in [0.15, 0.2) is 48.6 Å². The first kappa shape index (κ1) is 19.0. The molecule has 2 unspecified atom stereocenters. The van der Waals surface area contributed by atoms with Gasteiger partial charge in [-0.25, -0.2) is 0 Å². The van der Waals surface area contributed by atoms with Gasteiger partial charge in [0.2, 0.25) is 0 Å². The number of hydrogen-bond acceptors (Lipinski definition) is 4. The van der Waals surface area contributed by atoms with E-state index in [-0.39, 0.29) is 22.4 Å². The average molecular weight is 354 g/mol. The van der Waals surface area contributed by atoms with Crippen LogP contribution in [-0.2, 0) is 9.59 Å². The van der Waals surface area contributed by atoms with E-state index < -0.39 is 0 Å². The molecule has 140 valence electrons. The van der Waals surface area contributed by atoms with E-state index in [0.717, 1.165) is 39.0 Å². The molecule has 0 aromatic rings. The first-order valence-electron chi connectivity index (χ1n) is 9.61. The number of nitrogens with zero attached hydrogens (tertiary/aromatic N) is 2. The first-order valence-corrected chi connectivity index (χ1v) is 9.61. The number of rotatable bonds is 6. The van der Waals surface area contributed by atoms with Crippen molar-refractivity contribution < 1.29 is 9.59 Å². The fourth-order valence-corrected chi connectivity index (χ4v) is 3.74. The van der Waals surface area contributed by atoms with Crippen LogP contribution in [0, 0.1) is 10.8 Å². The zero-order valence-corrected chi connectivity index (χ0v) is 16.0. The van der Waals surface area contributed by atoms with Gasteiger partial charge < -0.3 is 0 Å². The fourth-order valence-electron chi connectivity index (χ4n) is 3.74. The van der Waals surface area contributed by atoms with Gasteiger partial charge in [-0.05, 0) is 26.7 Å². The van der Waals surface area contributed by atoms with E-state index in [1.165, 1.54) is 0 Å². The quantitative estimate of drug-likeness (QED) is 0.735. The molecule has 0 amide bonds. The molecule has 4 heteroatoms. The minimum Gasteiger partial charge on any atom is -0.297 e. The summed E-state index contributed by atoms with van der Waals surface area (Å²) in [7, 11) is 0. The summed E-state index contributed by atoms with van der Waals surface area (Å²) in [5, 5.41) is 0. The van der Waals surface area contributed by atoms with Crippen LogP contribution in [0.1, 0.15) is 26.7 Å². The summed E-state index contributed by atoms with van der Waals surface area (Å²) in [5.41, 5.74) is -0.728. The molecule has 0 saturated carbocycles. The topological polar surface area (TPSA) is 40.6 Å². The summed E-state index contributed by atoms with van der Waals surface area (Å²) >= 11 is 0. The van der Waals surface area contributed by atoms with E-state index in [1.807, 2.05) is 50.3 Å². The molecular weight excluding hydrogens is 324 g/mol. The Morgan fingerprint density at radius 3 is 1.42 bits per heavy atom. The van der Waals surface area contributed by atoms with Crippen LogP contribution in [0.5, 0.6) is 0 Å². The molecule has 3 aliphatic rings. The standard InChI is InChI=1S/C22H30N2O2/c1-21(9-5-3-6-10-21)19(25)17-23-13-15-24(16-14-23)18-20(26)22(2)11-7-4-8-12-22/h3-9,11H,10,12-18H2,1-2H3. The van der Waals surface area contributed by atoms with E-state index in [9.17, 15) is 9.59 Å². The van der Waals surface area contributed by atoms with Gasteiger partial charge in [-0.2, -0.15) is 0 Å². The Morgan fingerprint density at radius 1 is 0.731 bits per heavy atom. The Bertz CT molecular complexity index is 610. The number of allylic oxidation sites excluding steroid dienone is 8. The maximum absolute atomic E-state index is 12.7. The molecule has 2 atom stereocenters. The number of ketones is 2. The van der Waals surface area contributed by atoms with Crippen molar-refractivity contribution in [3.63, 3.8) is 0 Å². The zero-order valence-electron chi connectivity index (χ0n) is 16.0. The highest BCUT2D eigenvalue weighted by atomic mass is 16.1. The molecule has 0 spiro atoms. The van der Waals surface area contributed by atoms with E-state index in [0.29, 0.717) is 13.1 Å². The van der Waals surface area contributed by atoms with Crippen LogP contribution >= 0.6 is 0 Å². The highest BCUT2D eigenvalue weighted by Crippen LogP contribution is 2.30. The Morgan fingerprint density at radius 2 is 1.12 bits per heavy atom. The summed E-state index contributed by atoms with van der Waals surface area (Å²) in [6.45, 7) is 8.45. The van der Waals surface area contributed by atoms with Crippen molar-refractivity contribution in [3.05, 3.63) is 48.6 Å². The van der Waals surface area contributed by atoms with Crippen LogP contribution in [0.25, 0.3) is 0 Å². The molecule has 0 aromatic heterocycles. The molecule has 1 aliphatic heterocycles. The van der Waals surface area contributed by atoms with E-state index in [2.05, 4.69) is 22.0 Å². The molecule has 1 fully saturated rings. The molecule has 3 rings (SSSR count). The monoisotopic (exact) mass is 354 g/mol. The van der Waals surface area contributed by atoms with Gasteiger partial charge in [0.15, 0.2) is 11.6 Å². The Balaban J connectivity index is 1.46. The molecule has 1 heterocycles. The maximum atomic E-state index is 12.7. The van der Waals surface area contributed by atoms with Crippen LogP contribution in [0.2, 0.25) is 0 Å². The third-order valence-corrected chi connectivity index (χ3v) is 5.98. The molecule has 0 aromatic carbocycles. The Hall–Kier alpha value is -1.78. The minimum atomic E-state index is -0.364. The summed E-state index contributed by atoms with van der Waals surface area (Å²) < 4.78 is 0. The Labute approximate surface area is 156 Å². The van der Waals surface area contributed by atoms with Gasteiger partial charge in [0.05, 0.1) is 13.1 Å².